The van der Waals surface area contributed by atoms with E-state index < -0.39 is 0 Å². The fourth-order valence-electron chi connectivity index (χ4n) is 3.11. The fraction of sp³-hybridized carbons (Fsp3) is 0.421. The van der Waals surface area contributed by atoms with Crippen molar-refractivity contribution >= 4 is 0 Å². The second-order valence-corrected chi connectivity index (χ2v) is 6.30. The summed E-state index contributed by atoms with van der Waals surface area (Å²) in [5, 5.41) is 0. The SMILES string of the molecule is Cc1cccc(CN2CCCN(Cc3ccc(F)cc3)CC2)n1. The van der Waals surface area contributed by atoms with E-state index in [9.17, 15) is 4.39 Å². The Bertz CT molecular complexity index is 627. The summed E-state index contributed by atoms with van der Waals surface area (Å²) in [5.74, 6) is -0.165. The molecule has 2 heterocycles. The zero-order valence-electron chi connectivity index (χ0n) is 13.7. The van der Waals surface area contributed by atoms with E-state index in [0.29, 0.717) is 0 Å². The lowest BCUT2D eigenvalue weighted by molar-refractivity contribution is 0.245. The van der Waals surface area contributed by atoms with Crippen molar-refractivity contribution in [3.8, 4) is 0 Å². The molecule has 0 aliphatic carbocycles. The highest BCUT2D eigenvalue weighted by Gasteiger charge is 2.15. The Morgan fingerprint density at radius 2 is 1.61 bits per heavy atom. The molecule has 23 heavy (non-hydrogen) atoms. The van der Waals surface area contributed by atoms with Crippen LogP contribution in [0.5, 0.6) is 0 Å². The average Bonchev–Trinajstić information content (AvgIpc) is 2.75. The standard InChI is InChI=1S/C19H24FN3/c1-16-4-2-5-19(21-16)15-23-11-3-10-22(12-13-23)14-17-6-8-18(20)9-7-17/h2,4-9H,3,10-15H2,1H3. The van der Waals surface area contributed by atoms with Crippen LogP contribution in [0.1, 0.15) is 23.4 Å². The normalized spacial score (nSPS) is 17.1. The van der Waals surface area contributed by atoms with Gasteiger partial charge in [-0.05, 0) is 56.3 Å². The molecule has 122 valence electrons. The number of halogens is 1. The molecule has 1 saturated heterocycles. The van der Waals surface area contributed by atoms with Gasteiger partial charge in [0, 0.05) is 31.9 Å². The number of aryl methyl sites for hydroxylation is 1. The Morgan fingerprint density at radius 1 is 0.913 bits per heavy atom. The molecule has 1 aliphatic heterocycles. The predicted molar refractivity (Wildman–Crippen MR) is 90.5 cm³/mol. The summed E-state index contributed by atoms with van der Waals surface area (Å²) in [6.45, 7) is 8.16. The number of hydrogen-bond donors (Lipinski definition) is 0. The molecule has 0 unspecified atom stereocenters. The molecule has 3 nitrogen and oxygen atoms in total. The van der Waals surface area contributed by atoms with Crippen molar-refractivity contribution < 1.29 is 4.39 Å². The Morgan fingerprint density at radius 3 is 2.30 bits per heavy atom. The summed E-state index contributed by atoms with van der Waals surface area (Å²) in [5.41, 5.74) is 3.41. The van der Waals surface area contributed by atoms with Crippen LogP contribution in [0.2, 0.25) is 0 Å². The third-order valence-electron chi connectivity index (χ3n) is 4.33. The van der Waals surface area contributed by atoms with E-state index in [1.807, 2.05) is 25.1 Å². The number of hydrogen-bond acceptors (Lipinski definition) is 3. The highest BCUT2D eigenvalue weighted by Crippen LogP contribution is 2.12. The molecule has 1 fully saturated rings. The Kier molecular flexibility index (Phi) is 5.36. The molecule has 0 radical (unpaired) electrons. The molecule has 1 aromatic heterocycles. The van der Waals surface area contributed by atoms with Gasteiger partial charge in [-0.1, -0.05) is 18.2 Å². The quantitative estimate of drug-likeness (QED) is 0.864. The van der Waals surface area contributed by atoms with Crippen LogP contribution >= 0.6 is 0 Å². The van der Waals surface area contributed by atoms with Gasteiger partial charge in [-0.2, -0.15) is 0 Å². The molecule has 0 amide bonds. The molecular formula is C19H24FN3. The molecule has 3 rings (SSSR count). The fourth-order valence-corrected chi connectivity index (χ4v) is 3.11. The summed E-state index contributed by atoms with van der Waals surface area (Å²) in [6, 6.07) is 13.1. The van der Waals surface area contributed by atoms with E-state index in [0.717, 1.165) is 57.1 Å². The summed E-state index contributed by atoms with van der Waals surface area (Å²) in [4.78, 5) is 9.54. The van der Waals surface area contributed by atoms with Gasteiger partial charge in [-0.3, -0.25) is 14.8 Å². The maximum atomic E-state index is 13.0. The third kappa shape index (κ3) is 4.85. The van der Waals surface area contributed by atoms with Gasteiger partial charge in [0.15, 0.2) is 0 Å². The zero-order valence-corrected chi connectivity index (χ0v) is 13.7. The van der Waals surface area contributed by atoms with Gasteiger partial charge >= 0.3 is 0 Å². The van der Waals surface area contributed by atoms with Gasteiger partial charge in [-0.25, -0.2) is 4.39 Å². The molecule has 0 saturated carbocycles. The minimum atomic E-state index is -0.165. The lowest BCUT2D eigenvalue weighted by atomic mass is 10.2. The summed E-state index contributed by atoms with van der Waals surface area (Å²) < 4.78 is 13.0. The van der Waals surface area contributed by atoms with Crippen LogP contribution in [0.15, 0.2) is 42.5 Å². The summed E-state index contributed by atoms with van der Waals surface area (Å²) >= 11 is 0. The second kappa shape index (κ2) is 7.66. The summed E-state index contributed by atoms with van der Waals surface area (Å²) in [7, 11) is 0. The first-order valence-electron chi connectivity index (χ1n) is 8.31. The maximum absolute atomic E-state index is 13.0. The van der Waals surface area contributed by atoms with Gasteiger partial charge in [0.2, 0.25) is 0 Å². The smallest absolute Gasteiger partial charge is 0.123 e. The van der Waals surface area contributed by atoms with Gasteiger partial charge in [0.05, 0.1) is 5.69 Å². The van der Waals surface area contributed by atoms with E-state index in [2.05, 4.69) is 26.9 Å². The van der Waals surface area contributed by atoms with Gasteiger partial charge in [0.25, 0.3) is 0 Å². The van der Waals surface area contributed by atoms with Crippen LogP contribution in [-0.4, -0.2) is 41.0 Å². The second-order valence-electron chi connectivity index (χ2n) is 6.30. The molecule has 1 aliphatic rings. The molecule has 1 aromatic carbocycles. The topological polar surface area (TPSA) is 19.4 Å². The van der Waals surface area contributed by atoms with Crippen LogP contribution < -0.4 is 0 Å². The minimum Gasteiger partial charge on any atom is -0.298 e. The third-order valence-corrected chi connectivity index (χ3v) is 4.33. The number of aromatic nitrogens is 1. The predicted octanol–water partition coefficient (Wildman–Crippen LogP) is 3.24. The molecule has 4 heteroatoms. The van der Waals surface area contributed by atoms with Crippen molar-refractivity contribution in [3.05, 3.63) is 65.2 Å². The van der Waals surface area contributed by atoms with E-state index >= 15 is 0 Å². The molecule has 0 bridgehead atoms. The van der Waals surface area contributed by atoms with Gasteiger partial charge < -0.3 is 0 Å². The van der Waals surface area contributed by atoms with E-state index in [-0.39, 0.29) is 5.82 Å². The van der Waals surface area contributed by atoms with Crippen molar-refractivity contribution in [3.63, 3.8) is 0 Å². The lowest BCUT2D eigenvalue weighted by Gasteiger charge is -2.21. The Balaban J connectivity index is 1.53. The summed E-state index contributed by atoms with van der Waals surface area (Å²) in [6.07, 6.45) is 1.16. The number of benzene rings is 1. The monoisotopic (exact) mass is 313 g/mol. The zero-order chi connectivity index (χ0) is 16.1. The van der Waals surface area contributed by atoms with Crippen molar-refractivity contribution in [2.45, 2.75) is 26.4 Å². The van der Waals surface area contributed by atoms with Gasteiger partial charge in [-0.15, -0.1) is 0 Å². The van der Waals surface area contributed by atoms with Crippen LogP contribution in [0, 0.1) is 12.7 Å². The van der Waals surface area contributed by atoms with Crippen molar-refractivity contribution in [2.75, 3.05) is 26.2 Å². The van der Waals surface area contributed by atoms with Crippen molar-refractivity contribution in [2.24, 2.45) is 0 Å². The van der Waals surface area contributed by atoms with Crippen LogP contribution in [0.3, 0.4) is 0 Å². The first-order chi connectivity index (χ1) is 11.2. The highest BCUT2D eigenvalue weighted by atomic mass is 19.1. The van der Waals surface area contributed by atoms with Crippen molar-refractivity contribution in [1.82, 2.24) is 14.8 Å². The Labute approximate surface area is 137 Å². The van der Waals surface area contributed by atoms with Crippen LogP contribution in [0.4, 0.5) is 4.39 Å². The molecule has 0 N–H and O–H groups in total. The van der Waals surface area contributed by atoms with Gasteiger partial charge in [0.1, 0.15) is 5.82 Å². The highest BCUT2D eigenvalue weighted by molar-refractivity contribution is 5.16. The molecule has 2 aromatic rings. The number of nitrogens with zero attached hydrogens (tertiary/aromatic N) is 3. The Hall–Kier alpha value is -1.78. The van der Waals surface area contributed by atoms with E-state index in [4.69, 9.17) is 0 Å². The van der Waals surface area contributed by atoms with Crippen LogP contribution in [0.25, 0.3) is 0 Å². The lowest BCUT2D eigenvalue weighted by Crippen LogP contribution is -2.30. The van der Waals surface area contributed by atoms with Crippen LogP contribution in [-0.2, 0) is 13.1 Å². The minimum absolute atomic E-state index is 0.165. The van der Waals surface area contributed by atoms with Crippen molar-refractivity contribution in [1.29, 1.82) is 0 Å². The average molecular weight is 313 g/mol. The first-order valence-corrected chi connectivity index (χ1v) is 8.31. The number of rotatable bonds is 4. The van der Waals surface area contributed by atoms with E-state index in [1.165, 1.54) is 5.56 Å². The molecule has 0 atom stereocenters. The first kappa shape index (κ1) is 16.1. The largest absolute Gasteiger partial charge is 0.298 e. The number of pyridine rings is 1. The van der Waals surface area contributed by atoms with E-state index in [1.54, 1.807) is 12.1 Å². The maximum Gasteiger partial charge on any atom is 0.123 e. The molecular weight excluding hydrogens is 289 g/mol. The molecule has 0 spiro atoms.